The van der Waals surface area contributed by atoms with Gasteiger partial charge in [0.2, 0.25) is 11.8 Å². The van der Waals surface area contributed by atoms with Gasteiger partial charge in [0.25, 0.3) is 0 Å². The second-order valence-electron chi connectivity index (χ2n) is 9.19. The Morgan fingerprint density at radius 1 is 1.31 bits per heavy atom. The molecule has 9 heteroatoms. The smallest absolute Gasteiger partial charge is 0.410 e. The molecule has 0 aromatic heterocycles. The van der Waals surface area contributed by atoms with Crippen LogP contribution in [0.2, 0.25) is 0 Å². The second kappa shape index (κ2) is 8.20. The Balaban J connectivity index is 1.68. The maximum absolute atomic E-state index is 13.0. The minimum atomic E-state index is -0.931. The molecule has 5 atom stereocenters. The van der Waals surface area contributed by atoms with Crippen molar-refractivity contribution >= 4 is 23.9 Å². The molecule has 0 aromatic rings. The number of amides is 3. The Kier molecular flexibility index (Phi) is 6.05. The molecular formula is C20H31N3O6. The highest BCUT2D eigenvalue weighted by molar-refractivity contribution is 5.91. The summed E-state index contributed by atoms with van der Waals surface area (Å²) in [6.07, 6.45) is 2.03. The number of nitrogens with zero attached hydrogens (tertiary/aromatic N) is 1. The van der Waals surface area contributed by atoms with Crippen LogP contribution in [0.15, 0.2) is 0 Å². The van der Waals surface area contributed by atoms with Crippen molar-refractivity contribution in [1.82, 2.24) is 15.5 Å². The number of carbonyl (C=O) groups excluding carboxylic acids is 4. The molecule has 3 fully saturated rings. The predicted octanol–water partition coefficient (Wildman–Crippen LogP) is 0.816. The predicted molar refractivity (Wildman–Crippen MR) is 103 cm³/mol. The maximum atomic E-state index is 13.0. The summed E-state index contributed by atoms with van der Waals surface area (Å²) in [6, 6.07) is -1.60. The van der Waals surface area contributed by atoms with E-state index >= 15 is 0 Å². The SMILES string of the molecule is COC(=O)[C@H](C[C@@H]1CCCNC1=O)NC(=O)[C@@H]1[C@H]2C[C@H]2CN1C(=O)OC(C)(C)C. The summed E-state index contributed by atoms with van der Waals surface area (Å²) in [7, 11) is 1.25. The highest BCUT2D eigenvalue weighted by atomic mass is 16.6. The van der Waals surface area contributed by atoms with E-state index in [2.05, 4.69) is 10.6 Å². The summed E-state index contributed by atoms with van der Waals surface area (Å²) >= 11 is 0. The Hall–Kier alpha value is -2.32. The van der Waals surface area contributed by atoms with Crippen molar-refractivity contribution in [3.8, 4) is 0 Å². The van der Waals surface area contributed by atoms with Gasteiger partial charge < -0.3 is 20.1 Å². The zero-order valence-corrected chi connectivity index (χ0v) is 17.5. The molecule has 162 valence electrons. The van der Waals surface area contributed by atoms with Crippen molar-refractivity contribution in [2.45, 2.75) is 64.1 Å². The minimum Gasteiger partial charge on any atom is -0.467 e. The van der Waals surface area contributed by atoms with Gasteiger partial charge in [0.1, 0.15) is 17.7 Å². The van der Waals surface area contributed by atoms with Crippen LogP contribution in [-0.4, -0.2) is 66.7 Å². The van der Waals surface area contributed by atoms with E-state index in [-0.39, 0.29) is 24.2 Å². The van der Waals surface area contributed by atoms with Gasteiger partial charge in [-0.15, -0.1) is 0 Å². The van der Waals surface area contributed by atoms with E-state index in [0.29, 0.717) is 25.4 Å². The third-order valence-corrected chi connectivity index (χ3v) is 5.77. The average Bonchev–Trinajstić information content (AvgIpc) is 3.30. The van der Waals surface area contributed by atoms with E-state index < -0.39 is 35.7 Å². The molecule has 0 spiro atoms. The van der Waals surface area contributed by atoms with Crippen LogP contribution in [0.25, 0.3) is 0 Å². The van der Waals surface area contributed by atoms with Crippen molar-refractivity contribution < 1.29 is 28.7 Å². The van der Waals surface area contributed by atoms with Crippen LogP contribution in [-0.2, 0) is 23.9 Å². The number of fused-ring (bicyclic) bond motifs is 1. The molecule has 0 unspecified atom stereocenters. The first-order valence-electron chi connectivity index (χ1n) is 10.3. The van der Waals surface area contributed by atoms with Crippen molar-refractivity contribution in [2.75, 3.05) is 20.2 Å². The fourth-order valence-electron chi connectivity index (χ4n) is 4.27. The van der Waals surface area contributed by atoms with Crippen molar-refractivity contribution in [2.24, 2.45) is 17.8 Å². The maximum Gasteiger partial charge on any atom is 0.410 e. The third-order valence-electron chi connectivity index (χ3n) is 5.77. The molecule has 9 nitrogen and oxygen atoms in total. The highest BCUT2D eigenvalue weighted by Crippen LogP contribution is 2.50. The molecule has 3 rings (SSSR count). The second-order valence-corrected chi connectivity index (χ2v) is 9.19. The summed E-state index contributed by atoms with van der Waals surface area (Å²) in [5, 5.41) is 5.53. The monoisotopic (exact) mass is 409 g/mol. The molecule has 0 bridgehead atoms. The number of likely N-dealkylation sites (tertiary alicyclic amines) is 1. The van der Waals surface area contributed by atoms with E-state index in [1.165, 1.54) is 12.0 Å². The standard InChI is InChI=1S/C20H31N3O6/c1-20(2,3)29-19(27)23-10-12-8-13(12)15(23)17(25)22-14(18(26)28-4)9-11-6-5-7-21-16(11)24/h11-15H,5-10H2,1-4H3,(H,21,24)(H,22,25)/t11-,12-,13-,14-,15-/m0/s1. The lowest BCUT2D eigenvalue weighted by Gasteiger charge is -2.31. The van der Waals surface area contributed by atoms with E-state index in [4.69, 9.17) is 9.47 Å². The topological polar surface area (TPSA) is 114 Å². The van der Waals surface area contributed by atoms with Gasteiger partial charge in [0.15, 0.2) is 0 Å². The molecule has 29 heavy (non-hydrogen) atoms. The quantitative estimate of drug-likeness (QED) is 0.650. The number of hydrogen-bond donors (Lipinski definition) is 2. The number of carbonyl (C=O) groups is 4. The number of piperidine rings is 2. The summed E-state index contributed by atoms with van der Waals surface area (Å²) in [6.45, 7) is 6.43. The first-order chi connectivity index (χ1) is 13.6. The van der Waals surface area contributed by atoms with Gasteiger partial charge in [0.05, 0.1) is 7.11 Å². The largest absolute Gasteiger partial charge is 0.467 e. The van der Waals surface area contributed by atoms with E-state index in [9.17, 15) is 19.2 Å². The summed E-state index contributed by atoms with van der Waals surface area (Å²) in [5.74, 6) is -1.08. The van der Waals surface area contributed by atoms with Crippen LogP contribution in [0, 0.1) is 17.8 Å². The van der Waals surface area contributed by atoms with Gasteiger partial charge >= 0.3 is 12.1 Å². The van der Waals surface area contributed by atoms with Crippen LogP contribution in [0.3, 0.4) is 0 Å². The number of nitrogens with one attached hydrogen (secondary N) is 2. The number of esters is 1. The Morgan fingerprint density at radius 3 is 2.66 bits per heavy atom. The molecule has 2 N–H and O–H groups in total. The molecule has 1 saturated carbocycles. The number of ether oxygens (including phenoxy) is 2. The molecule has 2 aliphatic heterocycles. The van der Waals surface area contributed by atoms with Crippen LogP contribution >= 0.6 is 0 Å². The normalized spacial score (nSPS) is 29.4. The van der Waals surface area contributed by atoms with Gasteiger partial charge in [-0.3, -0.25) is 14.5 Å². The minimum absolute atomic E-state index is 0.0822. The summed E-state index contributed by atoms with van der Waals surface area (Å²) < 4.78 is 10.3. The zero-order valence-electron chi connectivity index (χ0n) is 17.5. The van der Waals surface area contributed by atoms with E-state index in [1.54, 1.807) is 20.8 Å². The zero-order chi connectivity index (χ0) is 21.3. The Labute approximate surface area is 170 Å². The summed E-state index contributed by atoms with van der Waals surface area (Å²) in [4.78, 5) is 51.4. The van der Waals surface area contributed by atoms with Crippen molar-refractivity contribution in [3.63, 3.8) is 0 Å². The fourth-order valence-corrected chi connectivity index (χ4v) is 4.27. The number of methoxy groups -OCH3 is 1. The molecule has 3 aliphatic rings. The Morgan fingerprint density at radius 2 is 2.03 bits per heavy atom. The van der Waals surface area contributed by atoms with Gasteiger partial charge in [-0.25, -0.2) is 9.59 Å². The summed E-state index contributed by atoms with van der Waals surface area (Å²) in [5.41, 5.74) is -0.659. The molecule has 3 amide bonds. The van der Waals surface area contributed by atoms with Crippen LogP contribution < -0.4 is 10.6 Å². The van der Waals surface area contributed by atoms with Crippen LogP contribution in [0.1, 0.15) is 46.5 Å². The van der Waals surface area contributed by atoms with Crippen LogP contribution in [0.4, 0.5) is 4.79 Å². The molecule has 2 saturated heterocycles. The van der Waals surface area contributed by atoms with Crippen molar-refractivity contribution in [1.29, 1.82) is 0 Å². The molecular weight excluding hydrogens is 378 g/mol. The van der Waals surface area contributed by atoms with Gasteiger partial charge in [-0.05, 0) is 58.3 Å². The third kappa shape index (κ3) is 5.00. The molecule has 0 aromatic carbocycles. The molecule has 1 aliphatic carbocycles. The van der Waals surface area contributed by atoms with E-state index in [0.717, 1.165) is 12.8 Å². The highest BCUT2D eigenvalue weighted by Gasteiger charge is 2.58. The first-order valence-corrected chi connectivity index (χ1v) is 10.3. The molecule has 0 radical (unpaired) electrons. The van der Waals surface area contributed by atoms with E-state index in [1.807, 2.05) is 0 Å². The average molecular weight is 409 g/mol. The number of hydrogen-bond acceptors (Lipinski definition) is 6. The van der Waals surface area contributed by atoms with Gasteiger partial charge in [0, 0.05) is 19.0 Å². The van der Waals surface area contributed by atoms with Crippen molar-refractivity contribution in [3.05, 3.63) is 0 Å². The lowest BCUT2D eigenvalue weighted by atomic mass is 9.91. The van der Waals surface area contributed by atoms with Crippen LogP contribution in [0.5, 0.6) is 0 Å². The fraction of sp³-hybridized carbons (Fsp3) is 0.800. The number of rotatable bonds is 5. The Bertz CT molecular complexity index is 688. The van der Waals surface area contributed by atoms with Gasteiger partial charge in [-0.1, -0.05) is 0 Å². The lowest BCUT2D eigenvalue weighted by Crippen LogP contribution is -2.54. The lowest BCUT2D eigenvalue weighted by molar-refractivity contribution is -0.146. The van der Waals surface area contributed by atoms with Gasteiger partial charge in [-0.2, -0.15) is 0 Å². The first kappa shape index (κ1) is 21.4. The molecule has 2 heterocycles.